The molecule has 166 valence electrons. The van der Waals surface area contributed by atoms with Crippen LogP contribution in [0.4, 0.5) is 11.5 Å². The van der Waals surface area contributed by atoms with Crippen LogP contribution in [0, 0.1) is 6.92 Å². The Morgan fingerprint density at radius 1 is 1.06 bits per heavy atom. The van der Waals surface area contributed by atoms with Crippen LogP contribution in [0.1, 0.15) is 5.82 Å². The highest BCUT2D eigenvalue weighted by atomic mass is 16.5. The van der Waals surface area contributed by atoms with Crippen molar-refractivity contribution in [1.29, 1.82) is 0 Å². The van der Waals surface area contributed by atoms with Gasteiger partial charge >= 0.3 is 0 Å². The van der Waals surface area contributed by atoms with Crippen LogP contribution in [-0.4, -0.2) is 69.2 Å². The average Bonchev–Trinajstić information content (AvgIpc) is 3.18. The largest absolute Gasteiger partial charge is 0.383 e. The number of aryl methyl sites for hydroxylation is 2. The van der Waals surface area contributed by atoms with Crippen molar-refractivity contribution in [3.8, 4) is 0 Å². The summed E-state index contributed by atoms with van der Waals surface area (Å²) in [6.45, 7) is 6.26. The number of piperazine rings is 1. The lowest BCUT2D eigenvalue weighted by Crippen LogP contribution is -2.47. The quantitative estimate of drug-likeness (QED) is 0.465. The second-order valence-corrected chi connectivity index (χ2v) is 8.01. The van der Waals surface area contributed by atoms with Crippen LogP contribution in [0.25, 0.3) is 21.9 Å². The van der Waals surface area contributed by atoms with Gasteiger partial charge in [-0.15, -0.1) is 0 Å². The van der Waals surface area contributed by atoms with Crippen molar-refractivity contribution in [3.63, 3.8) is 0 Å². The Bertz CT molecular complexity index is 1340. The van der Waals surface area contributed by atoms with Crippen LogP contribution in [0.5, 0.6) is 0 Å². The number of methoxy groups -OCH3 is 1. The Kier molecular flexibility index (Phi) is 5.22. The van der Waals surface area contributed by atoms with E-state index in [1.54, 1.807) is 22.7 Å². The Hall–Kier alpha value is -3.53. The van der Waals surface area contributed by atoms with Crippen LogP contribution in [0.3, 0.4) is 0 Å². The van der Waals surface area contributed by atoms with Crippen LogP contribution < -0.4 is 15.4 Å². The highest BCUT2D eigenvalue weighted by Gasteiger charge is 2.22. The van der Waals surface area contributed by atoms with Gasteiger partial charge in [0.2, 0.25) is 0 Å². The van der Waals surface area contributed by atoms with Crippen molar-refractivity contribution < 1.29 is 4.74 Å². The number of hydrogen-bond acceptors (Lipinski definition) is 8. The third-order valence-corrected chi connectivity index (χ3v) is 5.97. The van der Waals surface area contributed by atoms with Gasteiger partial charge < -0.3 is 14.5 Å². The number of ether oxygens (including phenoxy) is 1. The number of hydrogen-bond donors (Lipinski definition) is 0. The number of fused-ring (bicyclic) bond motifs is 2. The molecule has 10 heteroatoms. The van der Waals surface area contributed by atoms with Gasteiger partial charge in [-0.1, -0.05) is 0 Å². The van der Waals surface area contributed by atoms with Crippen molar-refractivity contribution in [2.45, 2.75) is 13.5 Å². The predicted octanol–water partition coefficient (Wildman–Crippen LogP) is 1.35. The highest BCUT2D eigenvalue weighted by Crippen LogP contribution is 2.26. The molecule has 0 bridgehead atoms. The lowest BCUT2D eigenvalue weighted by atomic mass is 10.2. The van der Waals surface area contributed by atoms with E-state index in [1.165, 1.54) is 0 Å². The van der Waals surface area contributed by atoms with Gasteiger partial charge in [-0.3, -0.25) is 14.0 Å². The molecule has 0 aliphatic carbocycles. The van der Waals surface area contributed by atoms with E-state index in [9.17, 15) is 4.79 Å². The van der Waals surface area contributed by atoms with E-state index in [4.69, 9.17) is 9.72 Å². The molecule has 1 aliphatic heterocycles. The van der Waals surface area contributed by atoms with Crippen molar-refractivity contribution in [2.24, 2.45) is 7.05 Å². The summed E-state index contributed by atoms with van der Waals surface area (Å²) >= 11 is 0. The third-order valence-electron chi connectivity index (χ3n) is 5.97. The molecule has 1 saturated heterocycles. The number of aromatic nitrogens is 6. The molecule has 0 spiro atoms. The molecule has 1 aliphatic rings. The molecule has 4 aromatic rings. The third kappa shape index (κ3) is 3.56. The lowest BCUT2D eigenvalue weighted by molar-refractivity contribution is 0.186. The van der Waals surface area contributed by atoms with E-state index < -0.39 is 0 Å². The van der Waals surface area contributed by atoms with Gasteiger partial charge in [0.15, 0.2) is 5.65 Å². The van der Waals surface area contributed by atoms with Crippen LogP contribution in [0.2, 0.25) is 0 Å². The molecule has 1 aromatic carbocycles. The summed E-state index contributed by atoms with van der Waals surface area (Å²) in [5, 5.41) is 5.95. The van der Waals surface area contributed by atoms with Gasteiger partial charge in [0.25, 0.3) is 5.56 Å². The Labute approximate surface area is 185 Å². The summed E-state index contributed by atoms with van der Waals surface area (Å²) in [4.78, 5) is 31.0. The molecule has 0 amide bonds. The average molecular weight is 435 g/mol. The van der Waals surface area contributed by atoms with Gasteiger partial charge in [0.1, 0.15) is 11.6 Å². The first kappa shape index (κ1) is 20.4. The molecular weight excluding hydrogens is 408 g/mol. The SMILES string of the molecule is COCCn1cnc2cc(N3CCN(c4nc(C)nc5c4cnn5C)CC3)ccc2c1=O. The standard InChI is InChI=1S/C22H26N8O2/c1-15-25-20-18(13-24-27(20)2)21(26-15)29-8-6-28(7-9-29)16-4-5-17-19(12-16)23-14-30(22(17)31)10-11-32-3/h4-5,12-14H,6-11H2,1-3H3. The summed E-state index contributed by atoms with van der Waals surface area (Å²) in [7, 11) is 3.52. The summed E-state index contributed by atoms with van der Waals surface area (Å²) in [6, 6.07) is 5.89. The first-order valence-electron chi connectivity index (χ1n) is 10.7. The number of rotatable bonds is 5. The zero-order valence-corrected chi connectivity index (χ0v) is 18.5. The van der Waals surface area contributed by atoms with Crippen LogP contribution in [-0.2, 0) is 18.3 Å². The van der Waals surface area contributed by atoms with Gasteiger partial charge in [-0.2, -0.15) is 5.10 Å². The molecule has 10 nitrogen and oxygen atoms in total. The van der Waals surface area contributed by atoms with Gasteiger partial charge in [0, 0.05) is 46.0 Å². The van der Waals surface area contributed by atoms with E-state index >= 15 is 0 Å². The van der Waals surface area contributed by atoms with Gasteiger partial charge in [0.05, 0.1) is 42.0 Å². The molecule has 4 heterocycles. The molecule has 0 N–H and O–H groups in total. The first-order valence-corrected chi connectivity index (χ1v) is 10.7. The predicted molar refractivity (Wildman–Crippen MR) is 123 cm³/mol. The first-order chi connectivity index (χ1) is 15.5. The minimum atomic E-state index is -0.0389. The molecule has 1 fully saturated rings. The van der Waals surface area contributed by atoms with Gasteiger partial charge in [-0.25, -0.2) is 15.0 Å². The van der Waals surface area contributed by atoms with Gasteiger partial charge in [-0.05, 0) is 25.1 Å². The molecule has 3 aromatic heterocycles. The van der Waals surface area contributed by atoms with Crippen LogP contribution in [0.15, 0.2) is 35.5 Å². The number of nitrogens with zero attached hydrogens (tertiary/aromatic N) is 8. The molecule has 32 heavy (non-hydrogen) atoms. The summed E-state index contributed by atoms with van der Waals surface area (Å²) in [5.74, 6) is 1.69. The second-order valence-electron chi connectivity index (χ2n) is 8.01. The fourth-order valence-corrected chi connectivity index (χ4v) is 4.22. The van der Waals surface area contributed by atoms with E-state index in [-0.39, 0.29) is 5.56 Å². The monoisotopic (exact) mass is 434 g/mol. The zero-order chi connectivity index (χ0) is 22.2. The summed E-state index contributed by atoms with van der Waals surface area (Å²) in [6.07, 6.45) is 3.44. The van der Waals surface area contributed by atoms with E-state index in [2.05, 4.69) is 24.9 Å². The van der Waals surface area contributed by atoms with Crippen molar-refractivity contribution in [2.75, 3.05) is 49.7 Å². The summed E-state index contributed by atoms with van der Waals surface area (Å²) < 4.78 is 8.45. The lowest BCUT2D eigenvalue weighted by Gasteiger charge is -2.37. The molecule has 5 rings (SSSR count). The topological polar surface area (TPSA) is 94.2 Å². The molecule has 0 atom stereocenters. The maximum Gasteiger partial charge on any atom is 0.261 e. The Morgan fingerprint density at radius 2 is 1.84 bits per heavy atom. The van der Waals surface area contributed by atoms with E-state index in [0.717, 1.165) is 54.5 Å². The molecular formula is C22H26N8O2. The smallest absolute Gasteiger partial charge is 0.261 e. The zero-order valence-electron chi connectivity index (χ0n) is 18.5. The molecule has 0 saturated carbocycles. The maximum atomic E-state index is 12.7. The summed E-state index contributed by atoms with van der Waals surface area (Å²) in [5.41, 5.74) is 2.60. The second kappa shape index (κ2) is 8.19. The normalized spacial score (nSPS) is 14.6. The van der Waals surface area contributed by atoms with Crippen molar-refractivity contribution >= 4 is 33.4 Å². The Balaban J connectivity index is 1.36. The van der Waals surface area contributed by atoms with Crippen molar-refractivity contribution in [3.05, 3.63) is 46.9 Å². The fourth-order valence-electron chi connectivity index (χ4n) is 4.22. The maximum absolute atomic E-state index is 12.7. The number of benzene rings is 1. The fraction of sp³-hybridized carbons (Fsp3) is 0.409. The van der Waals surface area contributed by atoms with E-state index in [1.807, 2.05) is 38.4 Å². The minimum absolute atomic E-state index is 0.0389. The minimum Gasteiger partial charge on any atom is -0.383 e. The number of anilines is 2. The van der Waals surface area contributed by atoms with Crippen molar-refractivity contribution in [1.82, 2.24) is 29.3 Å². The highest BCUT2D eigenvalue weighted by molar-refractivity contribution is 5.87. The molecule has 0 unspecified atom stereocenters. The molecule has 0 radical (unpaired) electrons. The Morgan fingerprint density at radius 3 is 2.62 bits per heavy atom. The van der Waals surface area contributed by atoms with E-state index in [0.29, 0.717) is 24.1 Å². The van der Waals surface area contributed by atoms with Crippen LogP contribution >= 0.6 is 0 Å².